The average Bonchev–Trinajstić information content (AvgIpc) is 2.83. The summed E-state index contributed by atoms with van der Waals surface area (Å²) >= 11 is 0. The predicted molar refractivity (Wildman–Crippen MR) is 48.2 cm³/mol. The van der Waals surface area contributed by atoms with Crippen molar-refractivity contribution in [2.24, 2.45) is 5.73 Å². The summed E-state index contributed by atoms with van der Waals surface area (Å²) in [7, 11) is 0. The summed E-state index contributed by atoms with van der Waals surface area (Å²) in [6.07, 6.45) is -2.87. The molecule has 0 saturated heterocycles. The molecule has 0 unspecified atom stereocenters. The molecule has 1 aromatic carbocycles. The van der Waals surface area contributed by atoms with Gasteiger partial charge in [-0.3, -0.25) is 0 Å². The molecule has 0 bridgehead atoms. The average molecular weight is 217 g/mol. The Morgan fingerprint density at radius 3 is 2.07 bits per heavy atom. The van der Waals surface area contributed by atoms with Gasteiger partial charge in [-0.1, -0.05) is 12.1 Å². The molecular formula is C10H10F3NO. The van der Waals surface area contributed by atoms with Gasteiger partial charge in [0.15, 0.2) is 0 Å². The highest BCUT2D eigenvalue weighted by Crippen LogP contribution is 2.43. The van der Waals surface area contributed by atoms with Crippen molar-refractivity contribution in [3.05, 3.63) is 29.8 Å². The summed E-state index contributed by atoms with van der Waals surface area (Å²) in [5.41, 5.74) is 6.42. The van der Waals surface area contributed by atoms with Gasteiger partial charge in [-0.15, -0.1) is 13.2 Å². The maximum absolute atomic E-state index is 11.8. The van der Waals surface area contributed by atoms with Crippen LogP contribution in [0.4, 0.5) is 13.2 Å². The van der Waals surface area contributed by atoms with Crippen LogP contribution in [0.2, 0.25) is 0 Å². The first-order valence-corrected chi connectivity index (χ1v) is 4.54. The van der Waals surface area contributed by atoms with E-state index in [4.69, 9.17) is 5.73 Å². The Hall–Kier alpha value is -1.23. The van der Waals surface area contributed by atoms with Crippen LogP contribution >= 0.6 is 0 Å². The molecule has 1 fully saturated rings. The van der Waals surface area contributed by atoms with E-state index >= 15 is 0 Å². The summed E-state index contributed by atoms with van der Waals surface area (Å²) in [4.78, 5) is 0. The molecule has 1 aromatic rings. The van der Waals surface area contributed by atoms with Gasteiger partial charge in [0.25, 0.3) is 0 Å². The molecule has 0 radical (unpaired) electrons. The van der Waals surface area contributed by atoms with E-state index in [0.29, 0.717) is 0 Å². The zero-order chi connectivity index (χ0) is 11.1. The van der Waals surface area contributed by atoms with Crippen molar-refractivity contribution in [3.63, 3.8) is 0 Å². The maximum atomic E-state index is 11.8. The Kier molecular flexibility index (Phi) is 2.15. The number of nitrogens with two attached hydrogens (primary N) is 1. The topological polar surface area (TPSA) is 35.2 Å². The van der Waals surface area contributed by atoms with Crippen LogP contribution in [0.15, 0.2) is 24.3 Å². The van der Waals surface area contributed by atoms with Crippen LogP contribution in [-0.2, 0) is 5.54 Å². The number of hydrogen-bond acceptors (Lipinski definition) is 2. The molecule has 1 saturated carbocycles. The van der Waals surface area contributed by atoms with Crippen molar-refractivity contribution in [2.45, 2.75) is 24.7 Å². The molecule has 1 aliphatic carbocycles. The lowest BCUT2D eigenvalue weighted by Crippen LogP contribution is -2.19. The zero-order valence-corrected chi connectivity index (χ0v) is 7.84. The summed E-state index contributed by atoms with van der Waals surface area (Å²) in [6.45, 7) is 0. The van der Waals surface area contributed by atoms with Crippen LogP contribution < -0.4 is 10.5 Å². The number of halogens is 3. The SMILES string of the molecule is NC1(c2ccc(OC(F)(F)F)cc2)CC1. The highest BCUT2D eigenvalue weighted by molar-refractivity contribution is 5.34. The molecule has 2 N–H and O–H groups in total. The molecule has 0 amide bonds. The molecule has 0 spiro atoms. The van der Waals surface area contributed by atoms with Crippen LogP contribution in [-0.4, -0.2) is 6.36 Å². The molecule has 15 heavy (non-hydrogen) atoms. The molecule has 2 nitrogen and oxygen atoms in total. The first-order valence-electron chi connectivity index (χ1n) is 4.54. The van der Waals surface area contributed by atoms with Crippen molar-refractivity contribution in [1.82, 2.24) is 0 Å². The van der Waals surface area contributed by atoms with Gasteiger partial charge < -0.3 is 10.5 Å². The Morgan fingerprint density at radius 2 is 1.67 bits per heavy atom. The Labute approximate surface area is 84.8 Å². The van der Waals surface area contributed by atoms with Crippen molar-refractivity contribution in [2.75, 3.05) is 0 Å². The second kappa shape index (κ2) is 3.13. The smallest absolute Gasteiger partial charge is 0.406 e. The molecule has 0 heterocycles. The molecule has 0 atom stereocenters. The molecular weight excluding hydrogens is 207 g/mol. The van der Waals surface area contributed by atoms with E-state index in [2.05, 4.69) is 4.74 Å². The second-order valence-corrected chi connectivity index (χ2v) is 3.73. The van der Waals surface area contributed by atoms with Gasteiger partial charge in [0.2, 0.25) is 0 Å². The Balaban J connectivity index is 2.11. The monoisotopic (exact) mass is 217 g/mol. The Bertz CT molecular complexity index is 354. The van der Waals surface area contributed by atoms with E-state index < -0.39 is 6.36 Å². The zero-order valence-electron chi connectivity index (χ0n) is 7.84. The van der Waals surface area contributed by atoms with E-state index in [0.717, 1.165) is 18.4 Å². The van der Waals surface area contributed by atoms with E-state index in [-0.39, 0.29) is 11.3 Å². The van der Waals surface area contributed by atoms with E-state index in [1.165, 1.54) is 12.1 Å². The number of ether oxygens (including phenoxy) is 1. The Morgan fingerprint density at radius 1 is 1.13 bits per heavy atom. The molecule has 1 aliphatic rings. The minimum atomic E-state index is -4.64. The first kappa shape index (κ1) is 10.3. The minimum absolute atomic E-state index is 0.212. The summed E-state index contributed by atoms with van der Waals surface area (Å²) < 4.78 is 39.3. The largest absolute Gasteiger partial charge is 0.573 e. The molecule has 2 rings (SSSR count). The van der Waals surface area contributed by atoms with Crippen LogP contribution in [0.25, 0.3) is 0 Å². The van der Waals surface area contributed by atoms with Crippen LogP contribution in [0.3, 0.4) is 0 Å². The van der Waals surface area contributed by atoms with Crippen molar-refractivity contribution >= 4 is 0 Å². The van der Waals surface area contributed by atoms with Gasteiger partial charge in [0.1, 0.15) is 5.75 Å². The third-order valence-corrected chi connectivity index (χ3v) is 2.45. The molecule has 0 aromatic heterocycles. The van der Waals surface area contributed by atoms with E-state index in [1.54, 1.807) is 12.1 Å². The number of alkyl halides is 3. The lowest BCUT2D eigenvalue weighted by Gasteiger charge is -2.11. The maximum Gasteiger partial charge on any atom is 0.573 e. The van der Waals surface area contributed by atoms with Gasteiger partial charge >= 0.3 is 6.36 Å². The lowest BCUT2D eigenvalue weighted by molar-refractivity contribution is -0.274. The highest BCUT2D eigenvalue weighted by atomic mass is 19.4. The second-order valence-electron chi connectivity index (χ2n) is 3.73. The third kappa shape index (κ3) is 2.41. The normalized spacial score (nSPS) is 18.7. The number of hydrogen-bond donors (Lipinski definition) is 1. The lowest BCUT2D eigenvalue weighted by atomic mass is 10.1. The number of rotatable bonds is 2. The summed E-state index contributed by atoms with van der Waals surface area (Å²) in [5, 5.41) is 0. The quantitative estimate of drug-likeness (QED) is 0.826. The predicted octanol–water partition coefficient (Wildman–Crippen LogP) is 2.53. The van der Waals surface area contributed by atoms with Gasteiger partial charge in [0.05, 0.1) is 0 Å². The minimum Gasteiger partial charge on any atom is -0.406 e. The van der Waals surface area contributed by atoms with E-state index in [9.17, 15) is 13.2 Å². The summed E-state index contributed by atoms with van der Waals surface area (Å²) in [5.74, 6) is -0.212. The van der Waals surface area contributed by atoms with Crippen LogP contribution in [0.1, 0.15) is 18.4 Å². The van der Waals surface area contributed by atoms with E-state index in [1.807, 2.05) is 0 Å². The number of benzene rings is 1. The fourth-order valence-corrected chi connectivity index (χ4v) is 1.41. The molecule has 0 aliphatic heterocycles. The van der Waals surface area contributed by atoms with Gasteiger partial charge in [-0.05, 0) is 30.5 Å². The van der Waals surface area contributed by atoms with Crippen LogP contribution in [0.5, 0.6) is 5.75 Å². The van der Waals surface area contributed by atoms with Crippen molar-refractivity contribution < 1.29 is 17.9 Å². The first-order chi connectivity index (χ1) is 6.89. The standard InChI is InChI=1S/C10H10F3NO/c11-10(12,13)15-8-3-1-7(2-4-8)9(14)5-6-9/h1-4H,5-6,14H2. The van der Waals surface area contributed by atoms with Crippen molar-refractivity contribution in [1.29, 1.82) is 0 Å². The molecule has 82 valence electrons. The van der Waals surface area contributed by atoms with Crippen molar-refractivity contribution in [3.8, 4) is 5.75 Å². The highest BCUT2D eigenvalue weighted by Gasteiger charge is 2.40. The fraction of sp³-hybridized carbons (Fsp3) is 0.400. The van der Waals surface area contributed by atoms with Gasteiger partial charge in [-0.25, -0.2) is 0 Å². The van der Waals surface area contributed by atoms with Crippen LogP contribution in [0, 0.1) is 0 Å². The summed E-state index contributed by atoms with van der Waals surface area (Å²) in [6, 6.07) is 5.73. The van der Waals surface area contributed by atoms with Gasteiger partial charge in [-0.2, -0.15) is 0 Å². The third-order valence-electron chi connectivity index (χ3n) is 2.45. The molecule has 5 heteroatoms. The fourth-order valence-electron chi connectivity index (χ4n) is 1.41. The van der Waals surface area contributed by atoms with Gasteiger partial charge in [0, 0.05) is 5.54 Å².